The van der Waals surface area contributed by atoms with Crippen LogP contribution in [-0.4, -0.2) is 14.5 Å². The first kappa shape index (κ1) is 11.4. The molecule has 1 N–H and O–H groups in total. The quantitative estimate of drug-likeness (QED) is 0.859. The van der Waals surface area contributed by atoms with Crippen molar-refractivity contribution in [3.63, 3.8) is 0 Å². The third-order valence-corrected chi connectivity index (χ3v) is 2.33. The van der Waals surface area contributed by atoms with Crippen LogP contribution in [0.5, 0.6) is 0 Å². The van der Waals surface area contributed by atoms with E-state index < -0.39 is 0 Å². The number of anilines is 1. The molecule has 0 radical (unpaired) electrons. The molecule has 2 aromatic rings. The average molecular weight is 234 g/mol. The van der Waals surface area contributed by atoms with Gasteiger partial charge in [0.1, 0.15) is 5.76 Å². The van der Waals surface area contributed by atoms with E-state index in [-0.39, 0.29) is 5.56 Å². The molecule has 6 heteroatoms. The summed E-state index contributed by atoms with van der Waals surface area (Å²) in [7, 11) is 0. The molecule has 17 heavy (non-hydrogen) atoms. The first-order valence-electron chi connectivity index (χ1n) is 5.41. The van der Waals surface area contributed by atoms with E-state index in [1.54, 1.807) is 23.2 Å². The third kappa shape index (κ3) is 2.52. The molecule has 0 aliphatic carbocycles. The Hall–Kier alpha value is -2.11. The molecule has 0 aliphatic rings. The van der Waals surface area contributed by atoms with E-state index in [2.05, 4.69) is 15.3 Å². The molecule has 0 aliphatic heterocycles. The van der Waals surface area contributed by atoms with E-state index in [0.29, 0.717) is 24.8 Å². The van der Waals surface area contributed by atoms with Crippen molar-refractivity contribution in [2.75, 3.05) is 5.32 Å². The Morgan fingerprint density at radius 2 is 2.29 bits per heavy atom. The highest BCUT2D eigenvalue weighted by Gasteiger charge is 2.05. The van der Waals surface area contributed by atoms with Crippen LogP contribution in [-0.2, 0) is 13.1 Å². The highest BCUT2D eigenvalue weighted by Crippen LogP contribution is 2.03. The third-order valence-electron chi connectivity index (χ3n) is 2.33. The lowest BCUT2D eigenvalue weighted by Crippen LogP contribution is -2.23. The smallest absolute Gasteiger partial charge is 0.293 e. The van der Waals surface area contributed by atoms with Gasteiger partial charge in [0.05, 0.1) is 12.7 Å². The van der Waals surface area contributed by atoms with E-state index >= 15 is 0 Å². The van der Waals surface area contributed by atoms with Gasteiger partial charge in [0.25, 0.3) is 5.56 Å². The van der Waals surface area contributed by atoms with Crippen molar-refractivity contribution >= 4 is 5.82 Å². The van der Waals surface area contributed by atoms with Crippen LogP contribution in [0.25, 0.3) is 0 Å². The number of oxazole rings is 1. The maximum atomic E-state index is 11.8. The van der Waals surface area contributed by atoms with Crippen LogP contribution in [0.2, 0.25) is 0 Å². The molecule has 0 saturated carbocycles. The van der Waals surface area contributed by atoms with E-state index in [1.807, 2.05) is 13.8 Å². The molecular formula is C11H14N4O2. The lowest BCUT2D eigenvalue weighted by Gasteiger charge is -2.05. The molecular weight excluding hydrogens is 220 g/mol. The zero-order valence-corrected chi connectivity index (χ0v) is 9.80. The monoisotopic (exact) mass is 234 g/mol. The topological polar surface area (TPSA) is 73.0 Å². The summed E-state index contributed by atoms with van der Waals surface area (Å²) in [6.07, 6.45) is 4.89. The lowest BCUT2D eigenvalue weighted by molar-refractivity contribution is 0.478. The SMILES string of the molecule is CCn1ccnc(NCc2ncc(C)o2)c1=O. The normalized spacial score (nSPS) is 10.5. The molecule has 0 atom stereocenters. The van der Waals surface area contributed by atoms with Crippen molar-refractivity contribution in [3.8, 4) is 0 Å². The minimum atomic E-state index is -0.140. The Kier molecular flexibility index (Phi) is 3.22. The first-order chi connectivity index (χ1) is 8.20. The summed E-state index contributed by atoms with van der Waals surface area (Å²) in [5, 5.41) is 2.92. The number of hydrogen-bond donors (Lipinski definition) is 1. The Morgan fingerprint density at radius 3 is 2.94 bits per heavy atom. The molecule has 0 fully saturated rings. The Labute approximate surface area is 98.3 Å². The van der Waals surface area contributed by atoms with E-state index in [9.17, 15) is 4.79 Å². The fourth-order valence-corrected chi connectivity index (χ4v) is 1.46. The zero-order valence-electron chi connectivity index (χ0n) is 9.80. The van der Waals surface area contributed by atoms with Crippen LogP contribution in [0.15, 0.2) is 27.8 Å². The fraction of sp³-hybridized carbons (Fsp3) is 0.364. The van der Waals surface area contributed by atoms with Crippen LogP contribution in [0.4, 0.5) is 5.82 Å². The standard InChI is InChI=1S/C11H14N4O2/c1-3-15-5-4-12-10(11(15)16)14-7-9-13-6-8(2)17-9/h4-6H,3,7H2,1-2H3,(H,12,14). The Balaban J connectivity index is 2.11. The van der Waals surface area contributed by atoms with Gasteiger partial charge in [-0.15, -0.1) is 0 Å². The summed E-state index contributed by atoms with van der Waals surface area (Å²) in [5.41, 5.74) is -0.140. The van der Waals surface area contributed by atoms with Gasteiger partial charge in [0, 0.05) is 18.9 Å². The van der Waals surface area contributed by atoms with Crippen LogP contribution >= 0.6 is 0 Å². The van der Waals surface area contributed by atoms with E-state index in [1.165, 1.54) is 0 Å². The highest BCUT2D eigenvalue weighted by atomic mass is 16.4. The van der Waals surface area contributed by atoms with Crippen molar-refractivity contribution < 1.29 is 4.42 Å². The molecule has 0 spiro atoms. The molecule has 2 aromatic heterocycles. The highest BCUT2D eigenvalue weighted by molar-refractivity contribution is 5.30. The van der Waals surface area contributed by atoms with Gasteiger partial charge >= 0.3 is 0 Å². The second-order valence-electron chi connectivity index (χ2n) is 3.59. The molecule has 6 nitrogen and oxygen atoms in total. The number of nitrogens with zero attached hydrogens (tertiary/aromatic N) is 3. The van der Waals surface area contributed by atoms with Crippen molar-refractivity contribution in [1.29, 1.82) is 0 Å². The van der Waals surface area contributed by atoms with Crippen molar-refractivity contribution in [3.05, 3.63) is 40.6 Å². The minimum Gasteiger partial charge on any atom is -0.444 e. The largest absolute Gasteiger partial charge is 0.444 e. The van der Waals surface area contributed by atoms with E-state index in [4.69, 9.17) is 4.42 Å². The molecule has 0 amide bonds. The number of hydrogen-bond acceptors (Lipinski definition) is 5. The van der Waals surface area contributed by atoms with Gasteiger partial charge in [-0.25, -0.2) is 9.97 Å². The fourth-order valence-electron chi connectivity index (χ4n) is 1.46. The van der Waals surface area contributed by atoms with Gasteiger partial charge in [0.15, 0.2) is 5.82 Å². The molecule has 90 valence electrons. The molecule has 0 saturated heterocycles. The van der Waals surface area contributed by atoms with Crippen molar-refractivity contribution in [1.82, 2.24) is 14.5 Å². The second kappa shape index (κ2) is 4.82. The van der Waals surface area contributed by atoms with Crippen LogP contribution in [0.1, 0.15) is 18.6 Å². The van der Waals surface area contributed by atoms with Crippen molar-refractivity contribution in [2.45, 2.75) is 26.9 Å². The van der Waals surface area contributed by atoms with Crippen LogP contribution < -0.4 is 10.9 Å². The number of aryl methyl sites for hydroxylation is 2. The number of aromatic nitrogens is 3. The minimum absolute atomic E-state index is 0.140. The zero-order chi connectivity index (χ0) is 12.3. The number of rotatable bonds is 4. The molecule has 0 bridgehead atoms. The van der Waals surface area contributed by atoms with Gasteiger partial charge < -0.3 is 14.3 Å². The lowest BCUT2D eigenvalue weighted by atomic mass is 10.5. The van der Waals surface area contributed by atoms with Crippen molar-refractivity contribution in [2.24, 2.45) is 0 Å². The predicted molar refractivity (Wildman–Crippen MR) is 62.7 cm³/mol. The summed E-state index contributed by atoms with van der Waals surface area (Å²) in [4.78, 5) is 19.8. The predicted octanol–water partition coefficient (Wildman–Crippen LogP) is 1.17. The van der Waals surface area contributed by atoms with E-state index in [0.717, 1.165) is 5.76 Å². The van der Waals surface area contributed by atoms with Gasteiger partial charge in [-0.3, -0.25) is 4.79 Å². The first-order valence-corrected chi connectivity index (χ1v) is 5.41. The molecule has 2 rings (SSSR count). The van der Waals surface area contributed by atoms with Gasteiger partial charge in [-0.1, -0.05) is 0 Å². The molecule has 0 aromatic carbocycles. The average Bonchev–Trinajstić information content (AvgIpc) is 2.74. The summed E-state index contributed by atoms with van der Waals surface area (Å²) < 4.78 is 6.87. The van der Waals surface area contributed by atoms with Gasteiger partial charge in [0.2, 0.25) is 5.89 Å². The van der Waals surface area contributed by atoms with Gasteiger partial charge in [-0.2, -0.15) is 0 Å². The second-order valence-corrected chi connectivity index (χ2v) is 3.59. The maximum absolute atomic E-state index is 11.8. The summed E-state index contributed by atoms with van der Waals surface area (Å²) in [6.45, 7) is 4.70. The van der Waals surface area contributed by atoms with Crippen LogP contribution in [0.3, 0.4) is 0 Å². The molecule has 2 heterocycles. The van der Waals surface area contributed by atoms with Gasteiger partial charge in [-0.05, 0) is 13.8 Å². The Morgan fingerprint density at radius 1 is 1.47 bits per heavy atom. The van der Waals surface area contributed by atoms with Crippen LogP contribution in [0, 0.1) is 6.92 Å². The number of nitrogens with one attached hydrogen (secondary N) is 1. The summed E-state index contributed by atoms with van der Waals surface area (Å²) >= 11 is 0. The Bertz CT molecular complexity index is 559. The summed E-state index contributed by atoms with van der Waals surface area (Å²) in [6, 6.07) is 0. The summed E-state index contributed by atoms with van der Waals surface area (Å²) in [5.74, 6) is 1.59. The maximum Gasteiger partial charge on any atom is 0.293 e. The molecule has 0 unspecified atom stereocenters.